The highest BCUT2D eigenvalue weighted by molar-refractivity contribution is 4.64. The molecule has 0 aromatic carbocycles. The molecule has 1 saturated carbocycles. The molecule has 1 fully saturated rings. The molecule has 0 saturated heterocycles. The van der Waals surface area contributed by atoms with Crippen LogP contribution >= 0.6 is 0 Å². The number of nitro groups is 1. The van der Waals surface area contributed by atoms with Crippen LogP contribution in [0.4, 0.5) is 0 Å². The number of nitrogens with zero attached hydrogens (tertiary/aromatic N) is 1. The van der Waals surface area contributed by atoms with Gasteiger partial charge in [0.15, 0.2) is 0 Å². The highest BCUT2D eigenvalue weighted by Crippen LogP contribution is 2.25. The summed E-state index contributed by atoms with van der Waals surface area (Å²) in [6.45, 7) is 5.00. The summed E-state index contributed by atoms with van der Waals surface area (Å²) in [7, 11) is 0. The Bertz CT molecular complexity index is 293. The van der Waals surface area contributed by atoms with Crippen LogP contribution in [-0.4, -0.2) is 11.5 Å². The van der Waals surface area contributed by atoms with E-state index in [-0.39, 0.29) is 11.5 Å². The summed E-state index contributed by atoms with van der Waals surface area (Å²) < 4.78 is 0. The SMILES string of the molecule is CC1CCCCCCCC(C[N+](=O)[O-])CCCCCC(C)C1. The maximum absolute atomic E-state index is 10.8. The van der Waals surface area contributed by atoms with Gasteiger partial charge < -0.3 is 0 Å². The fraction of sp³-hybridized carbons (Fsp3) is 1.00. The molecule has 0 amide bonds. The number of rotatable bonds is 2. The fourth-order valence-corrected chi connectivity index (χ4v) is 4.02. The van der Waals surface area contributed by atoms with Gasteiger partial charge in [0.1, 0.15) is 0 Å². The summed E-state index contributed by atoms with van der Waals surface area (Å²) in [6, 6.07) is 0. The third kappa shape index (κ3) is 10.2. The topological polar surface area (TPSA) is 43.1 Å². The first kappa shape index (κ1) is 19.4. The average Bonchev–Trinajstić information content (AvgIpc) is 2.43. The molecule has 22 heavy (non-hydrogen) atoms. The lowest BCUT2D eigenvalue weighted by Crippen LogP contribution is -2.14. The Hall–Kier alpha value is -0.600. The predicted molar refractivity (Wildman–Crippen MR) is 93.7 cm³/mol. The first-order valence-corrected chi connectivity index (χ1v) is 9.69. The third-order valence-corrected chi connectivity index (χ3v) is 5.33. The van der Waals surface area contributed by atoms with Gasteiger partial charge in [-0.15, -0.1) is 0 Å². The van der Waals surface area contributed by atoms with E-state index < -0.39 is 0 Å². The molecule has 1 aliphatic rings. The molecule has 0 radical (unpaired) electrons. The molecule has 130 valence electrons. The predicted octanol–water partition coefficient (Wildman–Crippen LogP) is 6.24. The van der Waals surface area contributed by atoms with Crippen molar-refractivity contribution in [2.24, 2.45) is 17.8 Å². The van der Waals surface area contributed by atoms with Crippen LogP contribution in [0, 0.1) is 27.9 Å². The molecule has 0 aromatic rings. The molecular formula is C19H37NO2. The van der Waals surface area contributed by atoms with Crippen molar-refractivity contribution in [2.75, 3.05) is 6.54 Å². The van der Waals surface area contributed by atoms with E-state index >= 15 is 0 Å². The quantitative estimate of drug-likeness (QED) is 0.447. The monoisotopic (exact) mass is 311 g/mol. The first-order chi connectivity index (χ1) is 10.6. The Morgan fingerprint density at radius 1 is 0.773 bits per heavy atom. The Morgan fingerprint density at radius 2 is 1.18 bits per heavy atom. The van der Waals surface area contributed by atoms with Crippen LogP contribution in [-0.2, 0) is 0 Å². The molecule has 3 unspecified atom stereocenters. The molecular weight excluding hydrogens is 274 g/mol. The Morgan fingerprint density at radius 3 is 1.68 bits per heavy atom. The smallest absolute Gasteiger partial charge is 0.206 e. The molecule has 0 heterocycles. The molecule has 3 nitrogen and oxygen atoms in total. The molecule has 0 aliphatic heterocycles. The minimum absolute atomic E-state index is 0.105. The van der Waals surface area contributed by atoms with Crippen LogP contribution in [0.25, 0.3) is 0 Å². The van der Waals surface area contributed by atoms with Crippen LogP contribution < -0.4 is 0 Å². The van der Waals surface area contributed by atoms with Crippen molar-refractivity contribution in [3.63, 3.8) is 0 Å². The van der Waals surface area contributed by atoms with Crippen molar-refractivity contribution in [2.45, 2.75) is 97.3 Å². The molecule has 0 N–H and O–H groups in total. The second kappa shape index (κ2) is 11.9. The minimum Gasteiger partial charge on any atom is -0.265 e. The van der Waals surface area contributed by atoms with Gasteiger partial charge in [-0.1, -0.05) is 78.1 Å². The van der Waals surface area contributed by atoms with Gasteiger partial charge in [-0.2, -0.15) is 0 Å². The third-order valence-electron chi connectivity index (χ3n) is 5.33. The van der Waals surface area contributed by atoms with Gasteiger partial charge in [-0.25, -0.2) is 0 Å². The average molecular weight is 312 g/mol. The van der Waals surface area contributed by atoms with E-state index in [9.17, 15) is 10.1 Å². The summed E-state index contributed by atoms with van der Waals surface area (Å²) in [5.41, 5.74) is 0. The van der Waals surface area contributed by atoms with Gasteiger partial charge >= 0.3 is 0 Å². The van der Waals surface area contributed by atoms with Crippen molar-refractivity contribution < 1.29 is 4.92 Å². The van der Waals surface area contributed by atoms with E-state index in [1.54, 1.807) is 0 Å². The Kier molecular flexibility index (Phi) is 10.5. The van der Waals surface area contributed by atoms with E-state index in [2.05, 4.69) is 13.8 Å². The Balaban J connectivity index is 2.38. The molecule has 0 aromatic heterocycles. The van der Waals surface area contributed by atoms with Crippen molar-refractivity contribution >= 4 is 0 Å². The van der Waals surface area contributed by atoms with Crippen LogP contribution in [0.3, 0.4) is 0 Å². The van der Waals surface area contributed by atoms with Gasteiger partial charge in [0, 0.05) is 10.8 Å². The highest BCUT2D eigenvalue weighted by atomic mass is 16.6. The summed E-state index contributed by atoms with van der Waals surface area (Å²) in [5, 5.41) is 10.8. The van der Waals surface area contributed by atoms with E-state index in [0.29, 0.717) is 5.92 Å². The lowest BCUT2D eigenvalue weighted by molar-refractivity contribution is -0.488. The Labute approximate surface area is 137 Å². The van der Waals surface area contributed by atoms with E-state index in [1.165, 1.54) is 70.6 Å². The molecule has 0 spiro atoms. The lowest BCUT2D eigenvalue weighted by Gasteiger charge is -2.18. The van der Waals surface area contributed by atoms with E-state index in [1.807, 2.05) is 0 Å². The molecule has 1 rings (SSSR count). The van der Waals surface area contributed by atoms with Crippen molar-refractivity contribution in [3.8, 4) is 0 Å². The highest BCUT2D eigenvalue weighted by Gasteiger charge is 2.15. The maximum atomic E-state index is 10.8. The summed E-state index contributed by atoms with van der Waals surface area (Å²) in [5.74, 6) is 2.05. The molecule has 1 aliphatic carbocycles. The zero-order valence-corrected chi connectivity index (χ0v) is 14.9. The van der Waals surface area contributed by atoms with Gasteiger partial charge in [0.2, 0.25) is 6.54 Å². The minimum atomic E-state index is -0.105. The molecule has 3 atom stereocenters. The normalized spacial score (nSPS) is 30.7. The summed E-state index contributed by atoms with van der Waals surface area (Å²) >= 11 is 0. The van der Waals surface area contributed by atoms with Crippen LogP contribution in [0.1, 0.15) is 97.3 Å². The van der Waals surface area contributed by atoms with Crippen LogP contribution in [0.2, 0.25) is 0 Å². The zero-order chi connectivity index (χ0) is 16.2. The van der Waals surface area contributed by atoms with Crippen LogP contribution in [0.15, 0.2) is 0 Å². The zero-order valence-electron chi connectivity index (χ0n) is 14.9. The number of hydrogen-bond acceptors (Lipinski definition) is 2. The van der Waals surface area contributed by atoms with E-state index in [0.717, 1.165) is 24.7 Å². The molecule has 0 bridgehead atoms. The van der Waals surface area contributed by atoms with Crippen LogP contribution in [0.5, 0.6) is 0 Å². The van der Waals surface area contributed by atoms with Crippen molar-refractivity contribution in [1.29, 1.82) is 0 Å². The summed E-state index contributed by atoms with van der Waals surface area (Å²) in [4.78, 5) is 10.7. The maximum Gasteiger partial charge on any atom is 0.206 e. The van der Waals surface area contributed by atoms with Gasteiger partial charge in [0.05, 0.1) is 0 Å². The second-order valence-corrected chi connectivity index (χ2v) is 7.81. The van der Waals surface area contributed by atoms with E-state index in [4.69, 9.17) is 0 Å². The fourth-order valence-electron chi connectivity index (χ4n) is 4.02. The van der Waals surface area contributed by atoms with Crippen molar-refractivity contribution in [1.82, 2.24) is 0 Å². The summed E-state index contributed by atoms with van der Waals surface area (Å²) in [6.07, 6.45) is 16.4. The standard InChI is InChI=1S/C19H37NO2/c1-17-11-7-4-3-5-9-13-19(16-20(21)22)14-10-6-8-12-18(2)15-17/h17-19H,3-16H2,1-2H3. The molecule has 3 heteroatoms. The second-order valence-electron chi connectivity index (χ2n) is 7.81. The van der Waals surface area contributed by atoms with Gasteiger partial charge in [0.25, 0.3) is 0 Å². The lowest BCUT2D eigenvalue weighted by atomic mass is 9.88. The van der Waals surface area contributed by atoms with Crippen molar-refractivity contribution in [3.05, 3.63) is 10.1 Å². The van der Waals surface area contributed by atoms with Gasteiger partial charge in [-0.05, 0) is 31.1 Å². The first-order valence-electron chi connectivity index (χ1n) is 9.69. The van der Waals surface area contributed by atoms with Gasteiger partial charge in [-0.3, -0.25) is 10.1 Å². The largest absolute Gasteiger partial charge is 0.265 e. The number of hydrogen-bond donors (Lipinski definition) is 0.